The fourth-order valence-electron chi connectivity index (χ4n) is 3.93. The minimum Gasteiger partial charge on any atom is -0.478 e. The Labute approximate surface area is 174 Å². The first-order chi connectivity index (χ1) is 13.9. The lowest BCUT2D eigenvalue weighted by Crippen LogP contribution is -2.30. The topological polar surface area (TPSA) is 57.6 Å². The molecule has 0 radical (unpaired) electrons. The van der Waals surface area contributed by atoms with Gasteiger partial charge < -0.3 is 10.0 Å². The lowest BCUT2D eigenvalue weighted by atomic mass is 9.91. The molecule has 3 aromatic rings. The number of anilines is 1. The van der Waals surface area contributed by atoms with Crippen LogP contribution in [0.5, 0.6) is 0 Å². The average molecular weight is 406 g/mol. The molecule has 4 nitrogen and oxygen atoms in total. The molecule has 0 bridgehead atoms. The molecule has 1 heterocycles. The van der Waals surface area contributed by atoms with E-state index in [4.69, 9.17) is 11.6 Å². The second-order valence-corrected chi connectivity index (χ2v) is 7.65. The Balaban J connectivity index is 1.80. The molecule has 0 fully saturated rings. The van der Waals surface area contributed by atoms with Crippen LogP contribution in [0, 0.1) is 0 Å². The van der Waals surface area contributed by atoms with Crippen LogP contribution in [0.1, 0.15) is 34.0 Å². The molecule has 4 rings (SSSR count). The van der Waals surface area contributed by atoms with Crippen LogP contribution >= 0.6 is 11.6 Å². The van der Waals surface area contributed by atoms with Crippen LogP contribution in [0.15, 0.2) is 60.7 Å². The van der Waals surface area contributed by atoms with Crippen molar-refractivity contribution >= 4 is 29.2 Å². The molecule has 0 unspecified atom stereocenters. The maximum absolute atomic E-state index is 12.4. The second kappa shape index (κ2) is 7.72. The maximum atomic E-state index is 12.4. The molecular weight excluding hydrogens is 386 g/mol. The molecule has 0 aliphatic carbocycles. The zero-order valence-corrected chi connectivity index (χ0v) is 16.7. The maximum Gasteiger partial charge on any atom is 0.336 e. The van der Waals surface area contributed by atoms with E-state index < -0.39 is 5.97 Å². The monoisotopic (exact) mass is 405 g/mol. The fraction of sp³-hybridized carbons (Fsp3) is 0.167. The lowest BCUT2D eigenvalue weighted by molar-refractivity contribution is -0.116. The Morgan fingerprint density at radius 2 is 1.69 bits per heavy atom. The number of amides is 1. The van der Waals surface area contributed by atoms with Gasteiger partial charge in [-0.2, -0.15) is 0 Å². The zero-order chi connectivity index (χ0) is 20.5. The zero-order valence-electron chi connectivity index (χ0n) is 16.0. The summed E-state index contributed by atoms with van der Waals surface area (Å²) in [6.45, 7) is 1.99. The molecule has 5 heteroatoms. The average Bonchev–Trinajstić information content (AvgIpc) is 2.69. The van der Waals surface area contributed by atoms with Gasteiger partial charge in [0, 0.05) is 17.6 Å². The number of carboxylic acids is 1. The van der Waals surface area contributed by atoms with Gasteiger partial charge in [-0.15, -0.1) is 0 Å². The number of fused-ring (bicyclic) bond motifs is 2. The van der Waals surface area contributed by atoms with Crippen LogP contribution in [0.2, 0.25) is 5.02 Å². The number of carbonyl (C=O) groups is 2. The molecule has 0 spiro atoms. The number of nitrogens with zero attached hydrogens (tertiary/aromatic N) is 1. The van der Waals surface area contributed by atoms with Crippen molar-refractivity contribution in [2.24, 2.45) is 0 Å². The van der Waals surface area contributed by atoms with Crippen LogP contribution in [0.3, 0.4) is 0 Å². The number of carbonyl (C=O) groups excluding carboxylic acids is 1. The summed E-state index contributed by atoms with van der Waals surface area (Å²) in [5, 5.41) is 10.2. The fourth-order valence-corrected chi connectivity index (χ4v) is 4.12. The van der Waals surface area contributed by atoms with E-state index in [-0.39, 0.29) is 11.5 Å². The highest BCUT2D eigenvalue weighted by Crippen LogP contribution is 2.33. The lowest BCUT2D eigenvalue weighted by Gasteiger charge is -2.28. The number of hydrogen-bond donors (Lipinski definition) is 1. The second-order valence-electron chi connectivity index (χ2n) is 7.21. The van der Waals surface area contributed by atoms with Crippen molar-refractivity contribution in [1.29, 1.82) is 0 Å². The summed E-state index contributed by atoms with van der Waals surface area (Å²) < 4.78 is 0. The van der Waals surface area contributed by atoms with Crippen LogP contribution < -0.4 is 4.90 Å². The summed E-state index contributed by atoms with van der Waals surface area (Å²) in [6, 6.07) is 18.6. The van der Waals surface area contributed by atoms with Crippen LogP contribution in [-0.2, 0) is 24.2 Å². The Kier molecular flexibility index (Phi) is 5.12. The highest BCUT2D eigenvalue weighted by atomic mass is 35.5. The Bertz CT molecular complexity index is 1120. The molecule has 1 aliphatic heterocycles. The normalized spacial score (nSPS) is 13.1. The van der Waals surface area contributed by atoms with Gasteiger partial charge in [0.1, 0.15) is 0 Å². The molecule has 1 N–H and O–H groups in total. The summed E-state index contributed by atoms with van der Waals surface area (Å²) in [5.41, 5.74) is 5.88. The predicted molar refractivity (Wildman–Crippen MR) is 115 cm³/mol. The van der Waals surface area contributed by atoms with E-state index in [9.17, 15) is 14.7 Å². The number of hydrogen-bond acceptors (Lipinski definition) is 2. The van der Waals surface area contributed by atoms with E-state index in [0.717, 1.165) is 40.8 Å². The van der Waals surface area contributed by atoms with Crippen molar-refractivity contribution < 1.29 is 14.7 Å². The molecule has 3 aromatic carbocycles. The van der Waals surface area contributed by atoms with E-state index in [1.165, 1.54) is 0 Å². The third-order valence-corrected chi connectivity index (χ3v) is 5.61. The van der Waals surface area contributed by atoms with Gasteiger partial charge in [-0.1, -0.05) is 41.9 Å². The number of carboxylic acid groups (broad SMARTS) is 1. The van der Waals surface area contributed by atoms with Crippen molar-refractivity contribution in [3.8, 4) is 11.1 Å². The molecule has 1 aliphatic rings. The number of aromatic carboxylic acids is 1. The molecule has 1 amide bonds. The largest absolute Gasteiger partial charge is 0.478 e. The Morgan fingerprint density at radius 1 is 0.931 bits per heavy atom. The summed E-state index contributed by atoms with van der Waals surface area (Å²) in [7, 11) is 0. The third kappa shape index (κ3) is 3.76. The number of benzene rings is 3. The van der Waals surface area contributed by atoms with Gasteiger partial charge in [-0.25, -0.2) is 4.79 Å². The van der Waals surface area contributed by atoms with Crippen LogP contribution in [0.4, 0.5) is 5.69 Å². The quantitative estimate of drug-likeness (QED) is 0.624. The van der Waals surface area contributed by atoms with Gasteiger partial charge in [0.15, 0.2) is 0 Å². The molecule has 0 saturated carbocycles. The first-order valence-corrected chi connectivity index (χ1v) is 9.83. The van der Waals surface area contributed by atoms with Crippen LogP contribution in [0.25, 0.3) is 11.1 Å². The van der Waals surface area contributed by atoms with Gasteiger partial charge in [-0.05, 0) is 71.0 Å². The van der Waals surface area contributed by atoms with Crippen LogP contribution in [-0.4, -0.2) is 17.0 Å². The van der Waals surface area contributed by atoms with Gasteiger partial charge >= 0.3 is 5.97 Å². The molecule has 0 aromatic heterocycles. The SMILES string of the molecule is CC(=O)N1Cc2cc(-c3ccccc3C(=O)O)ccc2CCc2cc(Cl)ccc21. The minimum atomic E-state index is -0.955. The summed E-state index contributed by atoms with van der Waals surface area (Å²) in [6.07, 6.45) is 1.60. The predicted octanol–water partition coefficient (Wildman–Crippen LogP) is 5.36. The third-order valence-electron chi connectivity index (χ3n) is 5.38. The van der Waals surface area contributed by atoms with Crippen molar-refractivity contribution in [1.82, 2.24) is 0 Å². The summed E-state index contributed by atoms with van der Waals surface area (Å²) in [5.74, 6) is -0.999. The van der Waals surface area contributed by atoms with Gasteiger partial charge in [0.25, 0.3) is 0 Å². The smallest absolute Gasteiger partial charge is 0.336 e. The van der Waals surface area contributed by atoms with E-state index in [0.29, 0.717) is 17.1 Å². The minimum absolute atomic E-state index is 0.0437. The van der Waals surface area contributed by atoms with Crippen molar-refractivity contribution in [2.75, 3.05) is 4.90 Å². The van der Waals surface area contributed by atoms with E-state index in [2.05, 4.69) is 0 Å². The summed E-state index contributed by atoms with van der Waals surface area (Å²) >= 11 is 6.18. The molecule has 0 atom stereocenters. The highest BCUT2D eigenvalue weighted by molar-refractivity contribution is 6.30. The molecule has 0 saturated heterocycles. The van der Waals surface area contributed by atoms with E-state index >= 15 is 0 Å². The molecule has 146 valence electrons. The molecule has 29 heavy (non-hydrogen) atoms. The van der Waals surface area contributed by atoms with Crippen molar-refractivity contribution in [2.45, 2.75) is 26.3 Å². The van der Waals surface area contributed by atoms with E-state index in [1.807, 2.05) is 42.5 Å². The van der Waals surface area contributed by atoms with E-state index in [1.54, 1.807) is 30.0 Å². The van der Waals surface area contributed by atoms with Crippen molar-refractivity contribution in [3.63, 3.8) is 0 Å². The standard InChI is InChI=1S/C24H20ClNO3/c1-15(27)26-14-19-12-17(21-4-2-3-5-22(21)24(28)29)8-6-16(19)7-9-18-13-20(25)10-11-23(18)26/h2-6,8,10-13H,7,9,14H2,1H3,(H,28,29). The number of halogens is 1. The first-order valence-electron chi connectivity index (χ1n) is 9.45. The number of aryl methyl sites for hydroxylation is 2. The highest BCUT2D eigenvalue weighted by Gasteiger charge is 2.21. The number of rotatable bonds is 2. The molecular formula is C24H20ClNO3. The van der Waals surface area contributed by atoms with Gasteiger partial charge in [0.05, 0.1) is 12.1 Å². The van der Waals surface area contributed by atoms with Crippen molar-refractivity contribution in [3.05, 3.63) is 87.9 Å². The van der Waals surface area contributed by atoms with Gasteiger partial charge in [-0.3, -0.25) is 4.79 Å². The Morgan fingerprint density at radius 3 is 2.45 bits per heavy atom. The Hall–Kier alpha value is -3.11. The van der Waals surface area contributed by atoms with Gasteiger partial charge in [0.2, 0.25) is 5.91 Å². The summed E-state index contributed by atoms with van der Waals surface area (Å²) in [4.78, 5) is 25.8. The first kappa shape index (κ1) is 19.2.